The number of hydrogen-bond donors (Lipinski definition) is 1. The maximum absolute atomic E-state index is 9.78. The van der Waals surface area contributed by atoms with Gasteiger partial charge in [0.05, 0.1) is 6.07 Å². The van der Waals surface area contributed by atoms with Gasteiger partial charge in [0.25, 0.3) is 0 Å². The van der Waals surface area contributed by atoms with Crippen LogP contribution in [0.1, 0.15) is 31.7 Å². The molecule has 0 amide bonds. The SMILES string of the molecule is CCCNC(C#N)(CN1CCCC1)c1ccccc1. The zero-order valence-electron chi connectivity index (χ0n) is 11.7. The molecule has 1 N–H and O–H groups in total. The zero-order chi connectivity index (χ0) is 13.6. The molecule has 0 saturated carbocycles. The van der Waals surface area contributed by atoms with Gasteiger partial charge in [-0.25, -0.2) is 0 Å². The van der Waals surface area contributed by atoms with E-state index in [2.05, 4.69) is 35.3 Å². The van der Waals surface area contributed by atoms with Gasteiger partial charge in [-0.2, -0.15) is 5.26 Å². The van der Waals surface area contributed by atoms with Gasteiger partial charge in [-0.15, -0.1) is 0 Å². The molecule has 2 rings (SSSR count). The van der Waals surface area contributed by atoms with E-state index in [4.69, 9.17) is 0 Å². The summed E-state index contributed by atoms with van der Waals surface area (Å²) < 4.78 is 0. The lowest BCUT2D eigenvalue weighted by molar-refractivity contribution is 0.250. The quantitative estimate of drug-likeness (QED) is 0.851. The van der Waals surface area contributed by atoms with Crippen LogP contribution in [0.15, 0.2) is 30.3 Å². The average molecular weight is 257 g/mol. The van der Waals surface area contributed by atoms with Crippen LogP contribution in [0, 0.1) is 11.3 Å². The molecule has 1 heterocycles. The summed E-state index contributed by atoms with van der Waals surface area (Å²) in [7, 11) is 0. The van der Waals surface area contributed by atoms with Crippen molar-refractivity contribution in [2.24, 2.45) is 0 Å². The highest BCUT2D eigenvalue weighted by molar-refractivity contribution is 5.32. The minimum Gasteiger partial charge on any atom is -0.300 e. The minimum atomic E-state index is -0.568. The van der Waals surface area contributed by atoms with E-state index in [0.717, 1.165) is 38.2 Å². The maximum Gasteiger partial charge on any atom is 0.145 e. The highest BCUT2D eigenvalue weighted by Crippen LogP contribution is 2.24. The van der Waals surface area contributed by atoms with Gasteiger partial charge in [-0.05, 0) is 44.5 Å². The lowest BCUT2D eigenvalue weighted by Crippen LogP contribution is -2.49. The van der Waals surface area contributed by atoms with Crippen molar-refractivity contribution in [3.8, 4) is 6.07 Å². The van der Waals surface area contributed by atoms with Gasteiger partial charge >= 0.3 is 0 Å². The number of nitrogens with one attached hydrogen (secondary N) is 1. The van der Waals surface area contributed by atoms with Crippen molar-refractivity contribution in [2.75, 3.05) is 26.2 Å². The third kappa shape index (κ3) is 3.34. The van der Waals surface area contributed by atoms with E-state index < -0.39 is 5.54 Å². The smallest absolute Gasteiger partial charge is 0.145 e. The Bertz CT molecular complexity index is 417. The molecule has 1 aromatic carbocycles. The molecule has 1 atom stereocenters. The number of nitrogens with zero attached hydrogens (tertiary/aromatic N) is 2. The Morgan fingerprint density at radius 2 is 1.95 bits per heavy atom. The first kappa shape index (κ1) is 14.0. The second-order valence-corrected chi connectivity index (χ2v) is 5.29. The van der Waals surface area contributed by atoms with Crippen LogP contribution in [-0.4, -0.2) is 31.1 Å². The molecule has 19 heavy (non-hydrogen) atoms. The van der Waals surface area contributed by atoms with Gasteiger partial charge in [0.1, 0.15) is 5.54 Å². The minimum absolute atomic E-state index is 0.568. The van der Waals surface area contributed by atoms with Crippen molar-refractivity contribution in [1.82, 2.24) is 10.2 Å². The predicted molar refractivity (Wildman–Crippen MR) is 77.7 cm³/mol. The molecule has 1 aromatic rings. The third-order valence-electron chi connectivity index (χ3n) is 3.79. The Morgan fingerprint density at radius 1 is 1.26 bits per heavy atom. The molecule has 1 aliphatic rings. The molecular formula is C16H23N3. The summed E-state index contributed by atoms with van der Waals surface area (Å²) in [5.41, 5.74) is 0.513. The maximum atomic E-state index is 9.78. The Hall–Kier alpha value is -1.37. The van der Waals surface area contributed by atoms with Gasteiger partial charge in [0.2, 0.25) is 0 Å². The van der Waals surface area contributed by atoms with E-state index in [9.17, 15) is 5.26 Å². The van der Waals surface area contributed by atoms with Crippen molar-refractivity contribution >= 4 is 0 Å². The number of nitriles is 1. The summed E-state index contributed by atoms with van der Waals surface area (Å²) in [6, 6.07) is 12.7. The lowest BCUT2D eigenvalue weighted by atomic mass is 9.90. The van der Waals surface area contributed by atoms with E-state index >= 15 is 0 Å². The molecule has 1 aliphatic heterocycles. The highest BCUT2D eigenvalue weighted by atomic mass is 15.2. The van der Waals surface area contributed by atoms with Crippen LogP contribution in [-0.2, 0) is 5.54 Å². The van der Waals surface area contributed by atoms with Crippen molar-refractivity contribution in [2.45, 2.75) is 31.7 Å². The van der Waals surface area contributed by atoms with Gasteiger partial charge < -0.3 is 4.90 Å². The van der Waals surface area contributed by atoms with Crippen LogP contribution in [0.3, 0.4) is 0 Å². The van der Waals surface area contributed by atoms with Crippen molar-refractivity contribution < 1.29 is 0 Å². The molecule has 0 spiro atoms. The normalized spacial score (nSPS) is 18.9. The van der Waals surface area contributed by atoms with Gasteiger partial charge in [-0.1, -0.05) is 37.3 Å². The third-order valence-corrected chi connectivity index (χ3v) is 3.79. The second-order valence-electron chi connectivity index (χ2n) is 5.29. The fourth-order valence-corrected chi connectivity index (χ4v) is 2.73. The first-order valence-corrected chi connectivity index (χ1v) is 7.25. The first-order chi connectivity index (χ1) is 9.30. The van der Waals surface area contributed by atoms with E-state index in [1.54, 1.807) is 0 Å². The molecule has 0 radical (unpaired) electrons. The summed E-state index contributed by atoms with van der Waals surface area (Å²) in [4.78, 5) is 2.40. The molecule has 0 aliphatic carbocycles. The molecule has 3 heteroatoms. The van der Waals surface area contributed by atoms with Crippen LogP contribution in [0.25, 0.3) is 0 Å². The summed E-state index contributed by atoms with van der Waals surface area (Å²) in [5.74, 6) is 0. The largest absolute Gasteiger partial charge is 0.300 e. The first-order valence-electron chi connectivity index (χ1n) is 7.25. The molecule has 0 bridgehead atoms. The fourth-order valence-electron chi connectivity index (χ4n) is 2.73. The predicted octanol–water partition coefficient (Wildman–Crippen LogP) is 2.50. The van der Waals surface area contributed by atoms with E-state index in [1.807, 2.05) is 18.2 Å². The fraction of sp³-hybridized carbons (Fsp3) is 0.562. The van der Waals surface area contributed by atoms with E-state index in [-0.39, 0.29) is 0 Å². The zero-order valence-corrected chi connectivity index (χ0v) is 11.7. The molecular weight excluding hydrogens is 234 g/mol. The molecule has 3 nitrogen and oxygen atoms in total. The Kier molecular flexibility index (Phi) is 4.95. The topological polar surface area (TPSA) is 39.1 Å². The van der Waals surface area contributed by atoms with Crippen LogP contribution >= 0.6 is 0 Å². The monoisotopic (exact) mass is 257 g/mol. The molecule has 102 valence electrons. The van der Waals surface area contributed by atoms with Crippen molar-refractivity contribution in [1.29, 1.82) is 5.26 Å². The average Bonchev–Trinajstić information content (AvgIpc) is 2.97. The Morgan fingerprint density at radius 3 is 2.53 bits per heavy atom. The van der Waals surface area contributed by atoms with Crippen molar-refractivity contribution in [3.05, 3.63) is 35.9 Å². The summed E-state index contributed by atoms with van der Waals surface area (Å²) >= 11 is 0. The Balaban J connectivity index is 2.22. The van der Waals surface area contributed by atoms with Gasteiger partial charge in [0.15, 0.2) is 0 Å². The van der Waals surface area contributed by atoms with Gasteiger partial charge in [-0.3, -0.25) is 5.32 Å². The van der Waals surface area contributed by atoms with Crippen LogP contribution < -0.4 is 5.32 Å². The molecule has 1 fully saturated rings. The highest BCUT2D eigenvalue weighted by Gasteiger charge is 2.34. The summed E-state index contributed by atoms with van der Waals surface area (Å²) in [6.45, 7) is 6.02. The van der Waals surface area contributed by atoms with Crippen LogP contribution in [0.2, 0.25) is 0 Å². The number of benzene rings is 1. The van der Waals surface area contributed by atoms with Gasteiger partial charge in [0, 0.05) is 6.54 Å². The lowest BCUT2D eigenvalue weighted by Gasteiger charge is -2.32. The number of likely N-dealkylation sites (tertiary alicyclic amines) is 1. The standard InChI is InChI=1S/C16H23N3/c1-2-10-18-16(13-17,14-19-11-6-7-12-19)15-8-4-3-5-9-15/h3-5,8-9,18H,2,6-7,10-12,14H2,1H3. The molecule has 1 unspecified atom stereocenters. The Labute approximate surface area is 116 Å². The van der Waals surface area contributed by atoms with Crippen LogP contribution in [0.4, 0.5) is 0 Å². The second kappa shape index (κ2) is 6.70. The number of hydrogen-bond acceptors (Lipinski definition) is 3. The summed E-state index contributed by atoms with van der Waals surface area (Å²) in [5, 5.41) is 13.3. The molecule has 1 saturated heterocycles. The van der Waals surface area contributed by atoms with Crippen molar-refractivity contribution in [3.63, 3.8) is 0 Å². The summed E-state index contributed by atoms with van der Waals surface area (Å²) in [6.07, 6.45) is 3.55. The van der Waals surface area contributed by atoms with E-state index in [0.29, 0.717) is 0 Å². The molecule has 0 aromatic heterocycles. The van der Waals surface area contributed by atoms with E-state index in [1.165, 1.54) is 12.8 Å². The van der Waals surface area contributed by atoms with Crippen LogP contribution in [0.5, 0.6) is 0 Å². The number of rotatable bonds is 6.